The molecule has 7 aromatic rings. The van der Waals surface area contributed by atoms with Crippen molar-refractivity contribution in [2.45, 2.75) is 0 Å². The molecule has 4 heteroatoms. The van der Waals surface area contributed by atoms with Crippen molar-refractivity contribution >= 4 is 58.7 Å². The number of hydrogen-bond acceptors (Lipinski definition) is 3. The Bertz CT molecular complexity index is 1810. The van der Waals surface area contributed by atoms with Crippen LogP contribution in [-0.2, 0) is 0 Å². The van der Waals surface area contributed by atoms with Gasteiger partial charge in [-0.3, -0.25) is 9.20 Å². The Morgan fingerprint density at radius 1 is 0.700 bits per heavy atom. The minimum absolute atomic E-state index is 0.0154. The molecular formula is C26H14N2OS. The van der Waals surface area contributed by atoms with Gasteiger partial charge in [-0.2, -0.15) is 0 Å². The molecule has 0 fully saturated rings. The molecule has 0 spiro atoms. The number of pyridine rings is 1. The van der Waals surface area contributed by atoms with Crippen LogP contribution in [0.3, 0.4) is 0 Å². The summed E-state index contributed by atoms with van der Waals surface area (Å²) in [5.41, 5.74) is 2.74. The lowest BCUT2D eigenvalue weighted by molar-refractivity contribution is 1.13. The number of benzene rings is 4. The molecule has 3 heterocycles. The van der Waals surface area contributed by atoms with E-state index in [1.807, 2.05) is 59.0 Å². The van der Waals surface area contributed by atoms with Gasteiger partial charge in [0.25, 0.3) is 5.56 Å². The molecule has 0 radical (unpaired) electrons. The van der Waals surface area contributed by atoms with E-state index in [4.69, 9.17) is 4.98 Å². The second-order valence-corrected chi connectivity index (χ2v) is 8.66. The van der Waals surface area contributed by atoms with Gasteiger partial charge >= 0.3 is 0 Å². The van der Waals surface area contributed by atoms with Crippen LogP contribution >= 0.6 is 11.3 Å². The molecule has 3 aromatic heterocycles. The average Bonchev–Trinajstić information content (AvgIpc) is 3.37. The smallest absolute Gasteiger partial charge is 0.264 e. The molecule has 4 aromatic carbocycles. The van der Waals surface area contributed by atoms with Crippen molar-refractivity contribution in [3.05, 3.63) is 95.3 Å². The quantitative estimate of drug-likeness (QED) is 0.295. The lowest BCUT2D eigenvalue weighted by Gasteiger charge is -2.07. The normalized spacial score (nSPS) is 12.1. The summed E-state index contributed by atoms with van der Waals surface area (Å²) in [4.78, 5) is 18.7. The van der Waals surface area contributed by atoms with Gasteiger partial charge in [-0.1, -0.05) is 66.7 Å². The van der Waals surface area contributed by atoms with Gasteiger partial charge < -0.3 is 0 Å². The van der Waals surface area contributed by atoms with E-state index in [2.05, 4.69) is 30.3 Å². The summed E-state index contributed by atoms with van der Waals surface area (Å²) in [6, 6.07) is 28.5. The average molecular weight is 402 g/mol. The Balaban J connectivity index is 1.85. The Morgan fingerprint density at radius 2 is 1.40 bits per heavy atom. The molecule has 0 amide bonds. The van der Waals surface area contributed by atoms with Crippen molar-refractivity contribution in [3.63, 3.8) is 0 Å². The highest BCUT2D eigenvalue weighted by Crippen LogP contribution is 2.42. The summed E-state index contributed by atoms with van der Waals surface area (Å²) in [5, 5.41) is 5.12. The van der Waals surface area contributed by atoms with Crippen LogP contribution in [0.15, 0.2) is 89.7 Å². The Morgan fingerprint density at radius 3 is 2.23 bits per heavy atom. The summed E-state index contributed by atoms with van der Waals surface area (Å²) >= 11 is 1.78. The van der Waals surface area contributed by atoms with Crippen LogP contribution in [0.4, 0.5) is 0 Å². The minimum Gasteiger partial charge on any atom is -0.268 e. The number of imidazole rings is 1. The van der Waals surface area contributed by atoms with Gasteiger partial charge in [-0.25, -0.2) is 4.98 Å². The molecule has 0 atom stereocenters. The molecule has 0 saturated heterocycles. The SMILES string of the molecule is O=c1c2ccccc2c2cc3sc4ccccc4c3c3nc(-c4ccccc4)n1c23. The topological polar surface area (TPSA) is 34.4 Å². The maximum atomic E-state index is 13.6. The van der Waals surface area contributed by atoms with Crippen molar-refractivity contribution in [1.82, 2.24) is 9.38 Å². The fraction of sp³-hybridized carbons (Fsp3) is 0. The van der Waals surface area contributed by atoms with Crippen LogP contribution in [0, 0.1) is 0 Å². The van der Waals surface area contributed by atoms with Crippen LogP contribution in [-0.4, -0.2) is 9.38 Å². The fourth-order valence-corrected chi connectivity index (χ4v) is 5.81. The van der Waals surface area contributed by atoms with E-state index < -0.39 is 0 Å². The molecule has 30 heavy (non-hydrogen) atoms. The van der Waals surface area contributed by atoms with E-state index in [0.29, 0.717) is 5.82 Å². The number of thiophene rings is 1. The first-order valence-corrected chi connectivity index (χ1v) is 10.7. The second-order valence-electron chi connectivity index (χ2n) is 7.58. The summed E-state index contributed by atoms with van der Waals surface area (Å²) in [5.74, 6) is 0.703. The zero-order chi connectivity index (χ0) is 19.8. The lowest BCUT2D eigenvalue weighted by Crippen LogP contribution is -2.14. The molecule has 0 N–H and O–H groups in total. The van der Waals surface area contributed by atoms with Crippen molar-refractivity contribution < 1.29 is 0 Å². The molecular weight excluding hydrogens is 388 g/mol. The molecule has 140 valence electrons. The van der Waals surface area contributed by atoms with Gasteiger partial charge in [-0.15, -0.1) is 11.3 Å². The number of nitrogens with zero attached hydrogens (tertiary/aromatic N) is 2. The first-order valence-electron chi connectivity index (χ1n) is 9.87. The predicted molar refractivity (Wildman–Crippen MR) is 126 cm³/mol. The molecule has 0 unspecified atom stereocenters. The first kappa shape index (κ1) is 16.1. The summed E-state index contributed by atoms with van der Waals surface area (Å²) in [6.07, 6.45) is 0. The summed E-state index contributed by atoms with van der Waals surface area (Å²) in [7, 11) is 0. The van der Waals surface area contributed by atoms with Gasteiger partial charge in [0, 0.05) is 36.5 Å². The fourth-order valence-electron chi connectivity index (χ4n) is 4.66. The van der Waals surface area contributed by atoms with E-state index in [0.717, 1.165) is 38.1 Å². The molecule has 0 aliphatic rings. The second kappa shape index (κ2) is 5.65. The third kappa shape index (κ3) is 1.94. The van der Waals surface area contributed by atoms with Crippen LogP contribution in [0.25, 0.3) is 58.8 Å². The zero-order valence-corrected chi connectivity index (χ0v) is 16.6. The van der Waals surface area contributed by atoms with E-state index in [1.165, 1.54) is 14.8 Å². The van der Waals surface area contributed by atoms with E-state index in [1.54, 1.807) is 11.3 Å². The number of aromatic nitrogens is 2. The van der Waals surface area contributed by atoms with Crippen LogP contribution in [0.5, 0.6) is 0 Å². The Labute approximate surface area is 174 Å². The third-order valence-electron chi connectivity index (χ3n) is 5.95. The summed E-state index contributed by atoms with van der Waals surface area (Å²) < 4.78 is 4.25. The molecule has 0 aliphatic heterocycles. The predicted octanol–water partition coefficient (Wildman–Crippen LogP) is 6.47. The molecule has 3 nitrogen and oxygen atoms in total. The molecule has 7 rings (SSSR count). The van der Waals surface area contributed by atoms with Gasteiger partial charge in [0.05, 0.1) is 11.0 Å². The summed E-state index contributed by atoms with van der Waals surface area (Å²) in [6.45, 7) is 0. The lowest BCUT2D eigenvalue weighted by atomic mass is 10.0. The van der Waals surface area contributed by atoms with Crippen LogP contribution in [0.2, 0.25) is 0 Å². The molecule has 0 bridgehead atoms. The van der Waals surface area contributed by atoms with Crippen LogP contribution < -0.4 is 5.56 Å². The number of hydrogen-bond donors (Lipinski definition) is 0. The standard InChI is InChI=1S/C26H14N2OS/c29-26-17-11-5-4-10-16(17)19-14-21-22(18-12-6-7-13-20(18)30-21)23-24(19)28(26)25(27-23)15-8-2-1-3-9-15/h1-14H. The number of rotatable bonds is 1. The largest absolute Gasteiger partial charge is 0.268 e. The van der Waals surface area contributed by atoms with Gasteiger partial charge in [0.2, 0.25) is 0 Å². The maximum Gasteiger partial charge on any atom is 0.264 e. The maximum absolute atomic E-state index is 13.6. The monoisotopic (exact) mass is 402 g/mol. The van der Waals surface area contributed by atoms with Gasteiger partial charge in [0.15, 0.2) is 0 Å². The van der Waals surface area contributed by atoms with Crippen molar-refractivity contribution in [2.75, 3.05) is 0 Å². The van der Waals surface area contributed by atoms with E-state index >= 15 is 0 Å². The van der Waals surface area contributed by atoms with Gasteiger partial charge in [0.1, 0.15) is 5.82 Å². The number of fused-ring (bicyclic) bond motifs is 6. The van der Waals surface area contributed by atoms with E-state index in [9.17, 15) is 4.79 Å². The van der Waals surface area contributed by atoms with Gasteiger partial charge in [-0.05, 0) is 23.6 Å². The first-order chi connectivity index (χ1) is 14.8. The highest BCUT2D eigenvalue weighted by molar-refractivity contribution is 7.26. The minimum atomic E-state index is -0.0154. The molecule has 0 saturated carbocycles. The Kier molecular flexibility index (Phi) is 3.03. The molecule has 0 aliphatic carbocycles. The van der Waals surface area contributed by atoms with E-state index in [-0.39, 0.29) is 5.56 Å². The highest BCUT2D eigenvalue weighted by atomic mass is 32.1. The van der Waals surface area contributed by atoms with Crippen molar-refractivity contribution in [2.24, 2.45) is 0 Å². The van der Waals surface area contributed by atoms with Crippen molar-refractivity contribution in [3.8, 4) is 11.4 Å². The van der Waals surface area contributed by atoms with Crippen molar-refractivity contribution in [1.29, 1.82) is 0 Å². The van der Waals surface area contributed by atoms with Crippen LogP contribution in [0.1, 0.15) is 0 Å². The third-order valence-corrected chi connectivity index (χ3v) is 7.07. The highest BCUT2D eigenvalue weighted by Gasteiger charge is 2.22. The Hall–Kier alpha value is -3.76. The zero-order valence-electron chi connectivity index (χ0n) is 15.8.